The molecule has 0 atom stereocenters. The van der Waals surface area contributed by atoms with E-state index in [2.05, 4.69) is 30.1 Å². The Hall–Kier alpha value is -2.33. The van der Waals surface area contributed by atoms with Gasteiger partial charge in [-0.2, -0.15) is 0 Å². The summed E-state index contributed by atoms with van der Waals surface area (Å²) in [5.41, 5.74) is 4.52. The standard InChI is InChI=1S/C22H24ClN3O/c1-15-2-8-19-20(14-15)25-22(24-19)17-10-12-26(13-11-17)21(27)9-5-16-3-6-18(23)7-4-16/h2-4,6-8,14,17H,5,9-13H2,1H3,(H,24,25). The summed E-state index contributed by atoms with van der Waals surface area (Å²) in [7, 11) is 0. The van der Waals surface area contributed by atoms with E-state index in [4.69, 9.17) is 16.6 Å². The lowest BCUT2D eigenvalue weighted by Gasteiger charge is -2.31. The minimum Gasteiger partial charge on any atom is -0.343 e. The van der Waals surface area contributed by atoms with Crippen molar-refractivity contribution >= 4 is 28.5 Å². The van der Waals surface area contributed by atoms with E-state index in [1.54, 1.807) is 0 Å². The Morgan fingerprint density at radius 1 is 1.19 bits per heavy atom. The SMILES string of the molecule is Cc1ccc2nc(C3CCN(C(=O)CCc4ccc(Cl)cc4)CC3)[nH]c2c1. The molecule has 1 aliphatic rings. The third-order valence-corrected chi connectivity index (χ3v) is 5.68. The van der Waals surface area contributed by atoms with E-state index in [-0.39, 0.29) is 5.91 Å². The van der Waals surface area contributed by atoms with Gasteiger partial charge in [0.15, 0.2) is 0 Å². The summed E-state index contributed by atoms with van der Waals surface area (Å²) in [5.74, 6) is 1.70. The number of halogens is 1. The fraction of sp³-hybridized carbons (Fsp3) is 0.364. The van der Waals surface area contributed by atoms with E-state index in [9.17, 15) is 4.79 Å². The zero-order chi connectivity index (χ0) is 18.8. The Bertz CT molecular complexity index is 940. The molecule has 0 saturated carbocycles. The second-order valence-electron chi connectivity index (χ2n) is 7.42. The van der Waals surface area contributed by atoms with Gasteiger partial charge in [0.25, 0.3) is 0 Å². The van der Waals surface area contributed by atoms with Crippen LogP contribution in [0.15, 0.2) is 42.5 Å². The second-order valence-corrected chi connectivity index (χ2v) is 7.86. The molecule has 4 nitrogen and oxygen atoms in total. The first-order chi connectivity index (χ1) is 13.1. The Morgan fingerprint density at radius 3 is 2.67 bits per heavy atom. The average molecular weight is 382 g/mol. The first-order valence-electron chi connectivity index (χ1n) is 9.57. The van der Waals surface area contributed by atoms with E-state index in [1.165, 1.54) is 5.56 Å². The number of nitrogens with zero attached hydrogens (tertiary/aromatic N) is 2. The third kappa shape index (κ3) is 4.16. The smallest absolute Gasteiger partial charge is 0.222 e. The summed E-state index contributed by atoms with van der Waals surface area (Å²) in [5, 5.41) is 0.730. The summed E-state index contributed by atoms with van der Waals surface area (Å²) >= 11 is 5.91. The number of piperidine rings is 1. The highest BCUT2D eigenvalue weighted by Gasteiger charge is 2.25. The van der Waals surface area contributed by atoms with Gasteiger partial charge in [0.05, 0.1) is 11.0 Å². The van der Waals surface area contributed by atoms with Crippen LogP contribution in [0, 0.1) is 6.92 Å². The van der Waals surface area contributed by atoms with Crippen molar-refractivity contribution < 1.29 is 4.79 Å². The van der Waals surface area contributed by atoms with Crippen molar-refractivity contribution in [3.63, 3.8) is 0 Å². The molecule has 1 saturated heterocycles. The molecule has 27 heavy (non-hydrogen) atoms. The molecule has 0 spiro atoms. The first kappa shape index (κ1) is 18.1. The number of rotatable bonds is 4. The molecule has 1 N–H and O–H groups in total. The molecule has 140 valence electrons. The van der Waals surface area contributed by atoms with Crippen LogP contribution in [0.1, 0.15) is 42.1 Å². The van der Waals surface area contributed by atoms with Gasteiger partial charge in [-0.3, -0.25) is 4.79 Å². The molecule has 5 heteroatoms. The van der Waals surface area contributed by atoms with Crippen molar-refractivity contribution in [1.29, 1.82) is 0 Å². The van der Waals surface area contributed by atoms with Crippen LogP contribution in [-0.2, 0) is 11.2 Å². The van der Waals surface area contributed by atoms with E-state index in [1.807, 2.05) is 29.2 Å². The van der Waals surface area contributed by atoms with E-state index >= 15 is 0 Å². The highest BCUT2D eigenvalue weighted by atomic mass is 35.5. The maximum absolute atomic E-state index is 12.5. The minimum absolute atomic E-state index is 0.239. The van der Waals surface area contributed by atoms with E-state index in [0.717, 1.165) is 59.8 Å². The number of benzene rings is 2. The lowest BCUT2D eigenvalue weighted by Crippen LogP contribution is -2.38. The van der Waals surface area contributed by atoms with Crippen LogP contribution >= 0.6 is 11.6 Å². The average Bonchev–Trinajstić information content (AvgIpc) is 3.10. The van der Waals surface area contributed by atoms with Crippen LogP contribution in [0.4, 0.5) is 0 Å². The lowest BCUT2D eigenvalue weighted by atomic mass is 9.95. The molecular weight excluding hydrogens is 358 g/mol. The van der Waals surface area contributed by atoms with Gasteiger partial charge < -0.3 is 9.88 Å². The number of carbonyl (C=O) groups excluding carboxylic acids is 1. The van der Waals surface area contributed by atoms with Crippen molar-refractivity contribution in [2.45, 2.75) is 38.5 Å². The summed E-state index contributed by atoms with van der Waals surface area (Å²) < 4.78 is 0. The van der Waals surface area contributed by atoms with Gasteiger partial charge in [-0.15, -0.1) is 0 Å². The van der Waals surface area contributed by atoms with Crippen LogP contribution in [0.2, 0.25) is 5.02 Å². The van der Waals surface area contributed by atoms with Crippen LogP contribution in [0.3, 0.4) is 0 Å². The zero-order valence-electron chi connectivity index (χ0n) is 15.5. The van der Waals surface area contributed by atoms with Gasteiger partial charge in [0.2, 0.25) is 5.91 Å². The Labute approximate surface area is 164 Å². The lowest BCUT2D eigenvalue weighted by molar-refractivity contribution is -0.132. The summed E-state index contributed by atoms with van der Waals surface area (Å²) in [6, 6.07) is 14.0. The van der Waals surface area contributed by atoms with E-state index in [0.29, 0.717) is 12.3 Å². The number of likely N-dealkylation sites (tertiary alicyclic amines) is 1. The molecule has 2 heterocycles. The molecule has 1 aromatic heterocycles. The largest absolute Gasteiger partial charge is 0.343 e. The third-order valence-electron chi connectivity index (χ3n) is 5.43. The first-order valence-corrected chi connectivity index (χ1v) is 9.95. The number of amides is 1. The Balaban J connectivity index is 1.32. The maximum atomic E-state index is 12.5. The van der Waals surface area contributed by atoms with Crippen molar-refractivity contribution in [2.75, 3.05) is 13.1 Å². The van der Waals surface area contributed by atoms with Crippen LogP contribution in [0.5, 0.6) is 0 Å². The number of hydrogen-bond donors (Lipinski definition) is 1. The highest BCUT2D eigenvalue weighted by Crippen LogP contribution is 2.28. The van der Waals surface area contributed by atoms with Gasteiger partial charge in [0, 0.05) is 30.5 Å². The molecule has 0 unspecified atom stereocenters. The van der Waals surface area contributed by atoms with Gasteiger partial charge in [-0.05, 0) is 61.6 Å². The summed E-state index contributed by atoms with van der Waals surface area (Å²) in [4.78, 5) is 22.8. The number of nitrogens with one attached hydrogen (secondary N) is 1. The Kier molecular flexibility index (Phi) is 5.17. The molecular formula is C22H24ClN3O. The minimum atomic E-state index is 0.239. The van der Waals surface area contributed by atoms with Crippen molar-refractivity contribution in [2.24, 2.45) is 0 Å². The highest BCUT2D eigenvalue weighted by molar-refractivity contribution is 6.30. The molecule has 1 fully saturated rings. The van der Waals surface area contributed by atoms with Crippen molar-refractivity contribution in [1.82, 2.24) is 14.9 Å². The number of carbonyl (C=O) groups is 1. The van der Waals surface area contributed by atoms with Crippen LogP contribution in [-0.4, -0.2) is 33.9 Å². The predicted octanol–water partition coefficient (Wildman–Crippen LogP) is 4.86. The molecule has 1 aliphatic heterocycles. The van der Waals surface area contributed by atoms with E-state index < -0.39 is 0 Å². The predicted molar refractivity (Wildman–Crippen MR) is 109 cm³/mol. The van der Waals surface area contributed by atoms with Crippen molar-refractivity contribution in [3.05, 3.63) is 64.4 Å². The number of imidazole rings is 1. The van der Waals surface area contributed by atoms with Gasteiger partial charge >= 0.3 is 0 Å². The molecule has 1 amide bonds. The van der Waals surface area contributed by atoms with Gasteiger partial charge in [0.1, 0.15) is 5.82 Å². The fourth-order valence-electron chi connectivity index (χ4n) is 3.80. The maximum Gasteiger partial charge on any atom is 0.222 e. The molecule has 4 rings (SSSR count). The number of fused-ring (bicyclic) bond motifs is 1. The molecule has 2 aromatic carbocycles. The molecule has 0 aliphatic carbocycles. The number of aromatic amines is 1. The fourth-order valence-corrected chi connectivity index (χ4v) is 3.93. The quantitative estimate of drug-likeness (QED) is 0.701. The summed E-state index contributed by atoms with van der Waals surface area (Å²) in [6.07, 6.45) is 3.24. The van der Waals surface area contributed by atoms with Gasteiger partial charge in [-0.25, -0.2) is 4.98 Å². The van der Waals surface area contributed by atoms with Crippen LogP contribution in [0.25, 0.3) is 11.0 Å². The summed E-state index contributed by atoms with van der Waals surface area (Å²) in [6.45, 7) is 3.70. The molecule has 3 aromatic rings. The monoisotopic (exact) mass is 381 g/mol. The van der Waals surface area contributed by atoms with Gasteiger partial charge in [-0.1, -0.05) is 29.8 Å². The normalized spacial score (nSPS) is 15.4. The molecule has 0 radical (unpaired) electrons. The number of aromatic nitrogens is 2. The second kappa shape index (κ2) is 7.73. The topological polar surface area (TPSA) is 49.0 Å². The number of H-pyrrole nitrogens is 1. The van der Waals surface area contributed by atoms with Crippen molar-refractivity contribution in [3.8, 4) is 0 Å². The number of hydrogen-bond acceptors (Lipinski definition) is 2. The Morgan fingerprint density at radius 2 is 1.93 bits per heavy atom. The zero-order valence-corrected chi connectivity index (χ0v) is 16.3. The van der Waals surface area contributed by atoms with Crippen LogP contribution < -0.4 is 0 Å². The molecule has 0 bridgehead atoms. The number of aryl methyl sites for hydroxylation is 2.